The van der Waals surface area contributed by atoms with Crippen molar-refractivity contribution in [3.8, 4) is 0 Å². The fourth-order valence-corrected chi connectivity index (χ4v) is 3.75. The Morgan fingerprint density at radius 3 is 1.55 bits per heavy atom. The summed E-state index contributed by atoms with van der Waals surface area (Å²) in [5.74, 6) is 0. The van der Waals surface area contributed by atoms with E-state index in [1.165, 1.54) is 11.1 Å². The van der Waals surface area contributed by atoms with Crippen LogP contribution in [0.3, 0.4) is 0 Å². The molecule has 0 saturated carbocycles. The Morgan fingerprint density at radius 1 is 0.818 bits per heavy atom. The van der Waals surface area contributed by atoms with Crippen LogP contribution in [0.15, 0.2) is 60.7 Å². The molecule has 0 aliphatic carbocycles. The topological polar surface area (TPSA) is 46.2 Å². The maximum atomic E-state index is 9.82. The normalized spacial score (nSPS) is 12.4. The van der Waals surface area contributed by atoms with Gasteiger partial charge in [0.05, 0.1) is 0 Å². The summed E-state index contributed by atoms with van der Waals surface area (Å²) >= 11 is 0. The van der Waals surface area contributed by atoms with E-state index in [0.717, 1.165) is 12.8 Å². The molecule has 0 fully saturated rings. The summed E-state index contributed by atoms with van der Waals surface area (Å²) in [6.07, 6.45) is 2.33. The van der Waals surface area contributed by atoms with Crippen molar-refractivity contribution >= 4 is 0 Å². The maximum Gasteiger partial charge on any atom is 0.0443 e. The second-order valence-corrected chi connectivity index (χ2v) is 5.97. The Bertz CT molecular complexity index is 521. The summed E-state index contributed by atoms with van der Waals surface area (Å²) in [7, 11) is 0. The lowest BCUT2D eigenvalue weighted by molar-refractivity contribution is 0.175. The highest BCUT2D eigenvalue weighted by Crippen LogP contribution is 2.46. The fraction of sp³-hybridized carbons (Fsp3) is 0.400. The van der Waals surface area contributed by atoms with E-state index in [0.29, 0.717) is 6.42 Å². The molecule has 2 nitrogen and oxygen atoms in total. The van der Waals surface area contributed by atoms with Crippen molar-refractivity contribution in [3.63, 3.8) is 0 Å². The van der Waals surface area contributed by atoms with Crippen LogP contribution in [0.5, 0.6) is 0 Å². The zero-order chi connectivity index (χ0) is 16.1. The molecule has 3 N–H and O–H groups in total. The SMILES string of the molecule is CCC(N)(CC)C(CCO)(c1ccccc1)c1ccccc1. The minimum absolute atomic E-state index is 0.114. The molecule has 2 aromatic carbocycles. The van der Waals surface area contributed by atoms with Gasteiger partial charge in [0.1, 0.15) is 0 Å². The predicted octanol–water partition coefficient (Wildman–Crippen LogP) is 3.87. The Labute approximate surface area is 134 Å². The van der Waals surface area contributed by atoms with Crippen LogP contribution in [0, 0.1) is 0 Å². The first-order valence-corrected chi connectivity index (χ1v) is 8.15. The molecule has 0 aromatic heterocycles. The molecular weight excluding hydrogens is 270 g/mol. The average Bonchev–Trinajstić information content (AvgIpc) is 2.60. The van der Waals surface area contributed by atoms with Gasteiger partial charge >= 0.3 is 0 Å². The van der Waals surface area contributed by atoms with Crippen molar-refractivity contribution in [3.05, 3.63) is 71.8 Å². The van der Waals surface area contributed by atoms with Crippen LogP contribution >= 0.6 is 0 Å². The van der Waals surface area contributed by atoms with E-state index >= 15 is 0 Å². The smallest absolute Gasteiger partial charge is 0.0443 e. The van der Waals surface area contributed by atoms with Gasteiger partial charge < -0.3 is 10.8 Å². The molecule has 0 amide bonds. The van der Waals surface area contributed by atoms with Gasteiger partial charge in [-0.2, -0.15) is 0 Å². The first kappa shape index (κ1) is 16.7. The van der Waals surface area contributed by atoms with Crippen molar-refractivity contribution < 1.29 is 5.11 Å². The Balaban J connectivity index is 2.76. The highest BCUT2D eigenvalue weighted by Gasteiger charge is 2.48. The number of benzene rings is 2. The molecule has 0 saturated heterocycles. The van der Waals surface area contributed by atoms with Crippen molar-refractivity contribution in [1.29, 1.82) is 0 Å². The van der Waals surface area contributed by atoms with Gasteiger partial charge in [0.15, 0.2) is 0 Å². The van der Waals surface area contributed by atoms with Crippen LogP contribution in [-0.2, 0) is 5.41 Å². The molecule has 2 heteroatoms. The van der Waals surface area contributed by atoms with Gasteiger partial charge in [-0.05, 0) is 30.4 Å². The summed E-state index contributed by atoms with van der Waals surface area (Å²) in [6, 6.07) is 20.8. The van der Waals surface area contributed by atoms with Crippen molar-refractivity contribution in [2.45, 2.75) is 44.1 Å². The highest BCUT2D eigenvalue weighted by molar-refractivity contribution is 5.44. The molecule has 0 spiro atoms. The molecule has 0 heterocycles. The number of hydrogen-bond acceptors (Lipinski definition) is 2. The average molecular weight is 297 g/mol. The van der Waals surface area contributed by atoms with Crippen LogP contribution in [0.25, 0.3) is 0 Å². The zero-order valence-corrected chi connectivity index (χ0v) is 13.6. The minimum atomic E-state index is -0.404. The maximum absolute atomic E-state index is 9.82. The molecule has 0 bridgehead atoms. The largest absolute Gasteiger partial charge is 0.396 e. The van der Waals surface area contributed by atoms with Crippen molar-refractivity contribution in [2.75, 3.05) is 6.61 Å². The molecule has 0 aliphatic heterocycles. The van der Waals surface area contributed by atoms with E-state index in [1.54, 1.807) is 0 Å². The van der Waals surface area contributed by atoms with E-state index in [1.807, 2.05) is 12.1 Å². The summed E-state index contributed by atoms with van der Waals surface area (Å²) in [6.45, 7) is 4.39. The summed E-state index contributed by atoms with van der Waals surface area (Å²) in [5.41, 5.74) is 8.49. The highest BCUT2D eigenvalue weighted by atomic mass is 16.3. The zero-order valence-electron chi connectivity index (χ0n) is 13.6. The lowest BCUT2D eigenvalue weighted by atomic mass is 9.58. The van der Waals surface area contributed by atoms with Crippen LogP contribution in [-0.4, -0.2) is 17.3 Å². The quantitative estimate of drug-likeness (QED) is 0.815. The van der Waals surface area contributed by atoms with Crippen LogP contribution in [0.2, 0.25) is 0 Å². The van der Waals surface area contributed by atoms with Gasteiger partial charge in [-0.3, -0.25) is 0 Å². The molecule has 0 radical (unpaired) electrons. The summed E-state index contributed by atoms with van der Waals surface area (Å²) in [5, 5.41) is 9.82. The molecule has 118 valence electrons. The van der Waals surface area contributed by atoms with E-state index in [-0.39, 0.29) is 12.0 Å². The molecule has 22 heavy (non-hydrogen) atoms. The lowest BCUT2D eigenvalue weighted by Gasteiger charge is -2.49. The fourth-order valence-electron chi connectivity index (χ4n) is 3.75. The van der Waals surface area contributed by atoms with E-state index in [4.69, 9.17) is 5.73 Å². The minimum Gasteiger partial charge on any atom is -0.396 e. The van der Waals surface area contributed by atoms with Crippen LogP contribution < -0.4 is 5.73 Å². The molecule has 0 aliphatic rings. The number of rotatable bonds is 7. The van der Waals surface area contributed by atoms with Gasteiger partial charge in [-0.15, -0.1) is 0 Å². The van der Waals surface area contributed by atoms with Gasteiger partial charge in [-0.25, -0.2) is 0 Å². The molecule has 2 aromatic rings. The van der Waals surface area contributed by atoms with Gasteiger partial charge in [0.2, 0.25) is 0 Å². The Kier molecular flexibility index (Phi) is 5.38. The van der Waals surface area contributed by atoms with E-state index in [2.05, 4.69) is 62.4 Å². The van der Waals surface area contributed by atoms with Gasteiger partial charge in [-0.1, -0.05) is 74.5 Å². The van der Waals surface area contributed by atoms with Crippen molar-refractivity contribution in [1.82, 2.24) is 0 Å². The Hall–Kier alpha value is -1.64. The lowest BCUT2D eigenvalue weighted by Crippen LogP contribution is -2.58. The first-order chi connectivity index (χ1) is 10.6. The number of hydrogen-bond donors (Lipinski definition) is 2. The van der Waals surface area contributed by atoms with Crippen LogP contribution in [0.4, 0.5) is 0 Å². The third-order valence-electron chi connectivity index (χ3n) is 5.13. The second-order valence-electron chi connectivity index (χ2n) is 5.97. The van der Waals surface area contributed by atoms with Gasteiger partial charge in [0, 0.05) is 17.6 Å². The second kappa shape index (κ2) is 7.08. The number of aliphatic hydroxyl groups is 1. The predicted molar refractivity (Wildman–Crippen MR) is 92.9 cm³/mol. The Morgan fingerprint density at radius 2 is 1.23 bits per heavy atom. The molecule has 0 unspecified atom stereocenters. The van der Waals surface area contributed by atoms with Gasteiger partial charge in [0.25, 0.3) is 0 Å². The molecule has 0 atom stereocenters. The molecule has 2 rings (SSSR count). The first-order valence-electron chi connectivity index (χ1n) is 8.15. The monoisotopic (exact) mass is 297 g/mol. The third kappa shape index (κ3) is 2.69. The van der Waals surface area contributed by atoms with Crippen LogP contribution in [0.1, 0.15) is 44.2 Å². The van der Waals surface area contributed by atoms with Crippen molar-refractivity contribution in [2.24, 2.45) is 5.73 Å². The third-order valence-corrected chi connectivity index (χ3v) is 5.13. The summed E-state index contributed by atoms with van der Waals surface area (Å²) < 4.78 is 0. The number of nitrogens with two attached hydrogens (primary N) is 1. The standard InChI is InChI=1S/C20H27NO/c1-3-19(21,4-2)20(15-16-22,17-11-7-5-8-12-17)18-13-9-6-10-14-18/h5-14,22H,3-4,15-16,21H2,1-2H3. The molecular formula is C20H27NO. The summed E-state index contributed by atoms with van der Waals surface area (Å²) in [4.78, 5) is 0. The number of aliphatic hydroxyl groups excluding tert-OH is 1. The van der Waals surface area contributed by atoms with E-state index in [9.17, 15) is 5.11 Å². The van der Waals surface area contributed by atoms with E-state index < -0.39 is 5.54 Å².